The summed E-state index contributed by atoms with van der Waals surface area (Å²) in [6.07, 6.45) is 2.65. The molecule has 2 rings (SSSR count). The van der Waals surface area contributed by atoms with Gasteiger partial charge in [-0.1, -0.05) is 12.1 Å². The minimum absolute atomic E-state index is 0.0524. The summed E-state index contributed by atoms with van der Waals surface area (Å²) >= 11 is 1.70. The van der Waals surface area contributed by atoms with Crippen LogP contribution in [-0.2, 0) is 16.0 Å². The van der Waals surface area contributed by atoms with E-state index in [1.807, 2.05) is 24.3 Å². The van der Waals surface area contributed by atoms with E-state index in [9.17, 15) is 9.59 Å². The summed E-state index contributed by atoms with van der Waals surface area (Å²) in [5.41, 5.74) is 0.801. The van der Waals surface area contributed by atoms with Gasteiger partial charge in [-0.25, -0.2) is 0 Å². The third-order valence-corrected chi connectivity index (χ3v) is 4.30. The molecule has 4 nitrogen and oxygen atoms in total. The molecule has 102 valence electrons. The number of amides is 1. The number of benzene rings is 1. The molecule has 1 atom stereocenters. The zero-order valence-electron chi connectivity index (χ0n) is 10.6. The average Bonchev–Trinajstić information content (AvgIpc) is 2.55. The number of carboxylic acid groups (broad SMARTS) is 1. The Balaban J connectivity index is 1.94. The van der Waals surface area contributed by atoms with E-state index in [0.29, 0.717) is 11.7 Å². The number of hydrogen-bond acceptors (Lipinski definition) is 3. The number of carboxylic acids is 1. The Labute approximate surface area is 116 Å². The van der Waals surface area contributed by atoms with Gasteiger partial charge >= 0.3 is 5.97 Å². The fourth-order valence-electron chi connectivity index (χ4n) is 2.09. The second-order valence-electron chi connectivity index (χ2n) is 4.65. The van der Waals surface area contributed by atoms with Gasteiger partial charge in [0.15, 0.2) is 0 Å². The third-order valence-electron chi connectivity index (χ3n) is 3.02. The van der Waals surface area contributed by atoms with E-state index in [4.69, 9.17) is 5.11 Å². The van der Waals surface area contributed by atoms with Gasteiger partial charge in [0.25, 0.3) is 0 Å². The van der Waals surface area contributed by atoms with Crippen LogP contribution in [0.2, 0.25) is 0 Å². The molecule has 19 heavy (non-hydrogen) atoms. The third kappa shape index (κ3) is 4.59. The van der Waals surface area contributed by atoms with Gasteiger partial charge < -0.3 is 10.4 Å². The number of carbonyl (C=O) groups excluding carboxylic acids is 1. The van der Waals surface area contributed by atoms with Crippen LogP contribution < -0.4 is 5.32 Å². The Kier molecular flexibility index (Phi) is 4.85. The van der Waals surface area contributed by atoms with Crippen LogP contribution in [0.3, 0.4) is 0 Å². The number of nitrogens with one attached hydrogen (secondary N) is 1. The second-order valence-corrected chi connectivity index (χ2v) is 6.02. The number of hydrogen-bond donors (Lipinski definition) is 2. The lowest BCUT2D eigenvalue weighted by Crippen LogP contribution is -2.22. The summed E-state index contributed by atoms with van der Waals surface area (Å²) in [4.78, 5) is 23.2. The van der Waals surface area contributed by atoms with Gasteiger partial charge in [-0.15, -0.1) is 11.8 Å². The quantitative estimate of drug-likeness (QED) is 0.885. The summed E-state index contributed by atoms with van der Waals surface area (Å²) in [6.45, 7) is 0.771. The Morgan fingerprint density at radius 2 is 2.11 bits per heavy atom. The molecule has 1 unspecified atom stereocenters. The Morgan fingerprint density at radius 3 is 2.79 bits per heavy atom. The molecule has 0 aliphatic carbocycles. The first-order chi connectivity index (χ1) is 9.13. The molecule has 2 N–H and O–H groups in total. The van der Waals surface area contributed by atoms with Crippen molar-refractivity contribution in [1.82, 2.24) is 5.32 Å². The van der Waals surface area contributed by atoms with Crippen LogP contribution in [0.5, 0.6) is 0 Å². The molecule has 0 aromatic heterocycles. The van der Waals surface area contributed by atoms with Crippen LogP contribution in [0.4, 0.5) is 0 Å². The molecule has 0 saturated carbocycles. The number of carbonyl (C=O) groups is 2. The van der Waals surface area contributed by atoms with Crippen molar-refractivity contribution in [2.45, 2.75) is 35.8 Å². The summed E-state index contributed by atoms with van der Waals surface area (Å²) < 4.78 is 0. The van der Waals surface area contributed by atoms with Crippen LogP contribution in [-0.4, -0.2) is 28.8 Å². The number of aliphatic carboxylic acids is 1. The smallest absolute Gasteiger partial charge is 0.307 e. The highest BCUT2D eigenvalue weighted by Gasteiger charge is 2.18. The highest BCUT2D eigenvalue weighted by Crippen LogP contribution is 2.29. The molecule has 1 aliphatic rings. The van der Waals surface area contributed by atoms with E-state index in [-0.39, 0.29) is 12.3 Å². The molecule has 1 aliphatic heterocycles. The minimum atomic E-state index is -0.819. The van der Waals surface area contributed by atoms with Crippen molar-refractivity contribution in [1.29, 1.82) is 0 Å². The van der Waals surface area contributed by atoms with Gasteiger partial charge in [-0.2, -0.15) is 0 Å². The molecule has 0 radical (unpaired) electrons. The van der Waals surface area contributed by atoms with Crippen LogP contribution in [0.1, 0.15) is 24.8 Å². The monoisotopic (exact) mass is 279 g/mol. The largest absolute Gasteiger partial charge is 0.481 e. The molecule has 5 heteroatoms. The van der Waals surface area contributed by atoms with Crippen molar-refractivity contribution >= 4 is 23.6 Å². The maximum absolute atomic E-state index is 11.5. The van der Waals surface area contributed by atoms with Gasteiger partial charge in [-0.3, -0.25) is 9.59 Å². The zero-order chi connectivity index (χ0) is 13.7. The van der Waals surface area contributed by atoms with Crippen molar-refractivity contribution < 1.29 is 14.7 Å². The minimum Gasteiger partial charge on any atom is -0.481 e. The fourth-order valence-corrected chi connectivity index (χ4v) is 3.29. The SMILES string of the molecule is O=C(O)Cc1ccc(SC2CCCNC(=O)C2)cc1. The first-order valence-corrected chi connectivity index (χ1v) is 7.25. The van der Waals surface area contributed by atoms with Crippen LogP contribution in [0, 0.1) is 0 Å². The van der Waals surface area contributed by atoms with Crippen LogP contribution in [0.25, 0.3) is 0 Å². The zero-order valence-corrected chi connectivity index (χ0v) is 11.4. The van der Waals surface area contributed by atoms with Crippen molar-refractivity contribution in [2.75, 3.05) is 6.54 Å². The second kappa shape index (κ2) is 6.61. The van der Waals surface area contributed by atoms with Crippen molar-refractivity contribution in [2.24, 2.45) is 0 Å². The molecule has 0 bridgehead atoms. The number of thioether (sulfide) groups is 1. The summed E-state index contributed by atoms with van der Waals surface area (Å²) in [5.74, 6) is -0.696. The number of rotatable bonds is 4. The maximum atomic E-state index is 11.5. The Morgan fingerprint density at radius 1 is 1.37 bits per heavy atom. The van der Waals surface area contributed by atoms with E-state index in [1.165, 1.54) is 0 Å². The molecule has 1 amide bonds. The topological polar surface area (TPSA) is 66.4 Å². The van der Waals surface area contributed by atoms with Gasteiger partial charge in [-0.05, 0) is 30.5 Å². The van der Waals surface area contributed by atoms with Gasteiger partial charge in [0.1, 0.15) is 0 Å². The molecule has 1 heterocycles. The lowest BCUT2D eigenvalue weighted by Gasteiger charge is -2.12. The molecule has 1 aromatic rings. The lowest BCUT2D eigenvalue weighted by molar-refractivity contribution is -0.136. The van der Waals surface area contributed by atoms with Gasteiger partial charge in [0.2, 0.25) is 5.91 Å². The molecule has 1 saturated heterocycles. The standard InChI is InChI=1S/C14H17NO3S/c16-13-9-12(2-1-7-15-13)19-11-5-3-10(4-6-11)8-14(17)18/h3-6,12H,1-2,7-9H2,(H,15,16)(H,17,18). The first-order valence-electron chi connectivity index (χ1n) is 6.37. The van der Waals surface area contributed by atoms with E-state index in [2.05, 4.69) is 5.32 Å². The highest BCUT2D eigenvalue weighted by molar-refractivity contribution is 8.00. The van der Waals surface area contributed by atoms with E-state index in [0.717, 1.165) is 29.8 Å². The lowest BCUT2D eigenvalue weighted by atomic mass is 10.2. The van der Waals surface area contributed by atoms with Crippen molar-refractivity contribution in [3.8, 4) is 0 Å². The molecular formula is C14H17NO3S. The summed E-state index contributed by atoms with van der Waals surface area (Å²) in [6, 6.07) is 7.55. The van der Waals surface area contributed by atoms with Crippen LogP contribution >= 0.6 is 11.8 Å². The Hall–Kier alpha value is -1.49. The first kappa shape index (κ1) is 13.9. The molecule has 1 fully saturated rings. The van der Waals surface area contributed by atoms with Gasteiger partial charge in [0, 0.05) is 23.1 Å². The van der Waals surface area contributed by atoms with Crippen molar-refractivity contribution in [3.05, 3.63) is 29.8 Å². The predicted octanol–water partition coefficient (Wildman–Crippen LogP) is 2.07. The molecule has 1 aromatic carbocycles. The average molecular weight is 279 g/mol. The van der Waals surface area contributed by atoms with Gasteiger partial charge in [0.05, 0.1) is 6.42 Å². The predicted molar refractivity (Wildman–Crippen MR) is 74.3 cm³/mol. The Bertz CT molecular complexity index is 458. The highest BCUT2D eigenvalue weighted by atomic mass is 32.2. The molecule has 0 spiro atoms. The van der Waals surface area contributed by atoms with E-state index in [1.54, 1.807) is 11.8 Å². The maximum Gasteiger partial charge on any atom is 0.307 e. The normalized spacial score (nSPS) is 19.6. The summed E-state index contributed by atoms with van der Waals surface area (Å²) in [5, 5.41) is 11.9. The van der Waals surface area contributed by atoms with Crippen molar-refractivity contribution in [3.63, 3.8) is 0 Å². The van der Waals surface area contributed by atoms with Crippen LogP contribution in [0.15, 0.2) is 29.2 Å². The van der Waals surface area contributed by atoms with E-state index < -0.39 is 5.97 Å². The van der Waals surface area contributed by atoms with E-state index >= 15 is 0 Å². The fraction of sp³-hybridized carbons (Fsp3) is 0.429. The summed E-state index contributed by atoms with van der Waals surface area (Å²) in [7, 11) is 0. The molecular weight excluding hydrogens is 262 g/mol.